The molecule has 0 fully saturated rings. The highest BCUT2D eigenvalue weighted by Gasteiger charge is 2.14. The second-order valence-electron chi connectivity index (χ2n) is 5.50. The van der Waals surface area contributed by atoms with E-state index in [1.54, 1.807) is 6.20 Å². The van der Waals surface area contributed by atoms with E-state index in [4.69, 9.17) is 0 Å². The Labute approximate surface area is 124 Å². The van der Waals surface area contributed by atoms with Crippen LogP contribution < -0.4 is 10.6 Å². The lowest BCUT2D eigenvalue weighted by atomic mass is 10.0. The van der Waals surface area contributed by atoms with Gasteiger partial charge in [-0.1, -0.05) is 0 Å². The van der Waals surface area contributed by atoms with E-state index in [1.165, 1.54) is 5.56 Å². The lowest BCUT2D eigenvalue weighted by Crippen LogP contribution is -2.35. The lowest BCUT2D eigenvalue weighted by Gasteiger charge is -2.19. The molecule has 1 amide bonds. The van der Waals surface area contributed by atoms with Gasteiger partial charge in [0.15, 0.2) is 0 Å². The minimum atomic E-state index is -0.0250. The molecule has 110 valence electrons. The molecule has 1 aliphatic heterocycles. The second kappa shape index (κ2) is 5.99. The average Bonchev–Trinajstić information content (AvgIpc) is 2.99. The molecule has 0 spiro atoms. The molecule has 0 aliphatic carbocycles. The SMILES string of the molecule is CC(Cn1cccn1)NC(=O)c1ccc2c(c1)CCCN2. The van der Waals surface area contributed by atoms with Gasteiger partial charge in [0.05, 0.1) is 6.54 Å². The van der Waals surface area contributed by atoms with E-state index in [0.717, 1.165) is 30.6 Å². The molecule has 0 radical (unpaired) electrons. The number of rotatable bonds is 4. The third-order valence-electron chi connectivity index (χ3n) is 3.70. The first-order valence-corrected chi connectivity index (χ1v) is 7.37. The van der Waals surface area contributed by atoms with Gasteiger partial charge >= 0.3 is 0 Å². The van der Waals surface area contributed by atoms with Crippen LogP contribution in [0, 0.1) is 0 Å². The molecule has 1 aromatic heterocycles. The lowest BCUT2D eigenvalue weighted by molar-refractivity contribution is 0.0936. The minimum absolute atomic E-state index is 0.0250. The number of hydrogen-bond acceptors (Lipinski definition) is 3. The number of nitrogens with one attached hydrogen (secondary N) is 2. The molecule has 2 heterocycles. The zero-order valence-electron chi connectivity index (χ0n) is 12.2. The summed E-state index contributed by atoms with van der Waals surface area (Å²) in [5.74, 6) is -0.0250. The number of nitrogens with zero attached hydrogens (tertiary/aromatic N) is 2. The van der Waals surface area contributed by atoms with Gasteiger partial charge in [-0.05, 0) is 49.6 Å². The van der Waals surface area contributed by atoms with Crippen molar-refractivity contribution in [2.45, 2.75) is 32.4 Å². The fraction of sp³-hybridized carbons (Fsp3) is 0.375. The van der Waals surface area contributed by atoms with Crippen molar-refractivity contribution < 1.29 is 4.79 Å². The molecule has 2 aromatic rings. The van der Waals surface area contributed by atoms with Crippen LogP contribution in [0.25, 0.3) is 0 Å². The normalized spacial score (nSPS) is 14.9. The molecule has 3 rings (SSSR count). The van der Waals surface area contributed by atoms with Crippen LogP contribution in [0.15, 0.2) is 36.7 Å². The quantitative estimate of drug-likeness (QED) is 0.903. The number of aromatic nitrogens is 2. The predicted octanol–water partition coefficient (Wildman–Crippen LogP) is 2.06. The summed E-state index contributed by atoms with van der Waals surface area (Å²) in [5.41, 5.74) is 3.11. The Morgan fingerprint density at radius 3 is 3.24 bits per heavy atom. The van der Waals surface area contributed by atoms with E-state index in [1.807, 2.05) is 42.1 Å². The van der Waals surface area contributed by atoms with Crippen LogP contribution in [0.5, 0.6) is 0 Å². The largest absolute Gasteiger partial charge is 0.385 e. The first-order chi connectivity index (χ1) is 10.2. The van der Waals surface area contributed by atoms with Crippen molar-refractivity contribution in [2.24, 2.45) is 0 Å². The topological polar surface area (TPSA) is 59.0 Å². The van der Waals surface area contributed by atoms with Crippen molar-refractivity contribution in [3.05, 3.63) is 47.8 Å². The minimum Gasteiger partial charge on any atom is -0.385 e. The molecular formula is C16H20N4O. The van der Waals surface area contributed by atoms with Gasteiger partial charge in [-0.3, -0.25) is 9.48 Å². The van der Waals surface area contributed by atoms with E-state index >= 15 is 0 Å². The molecule has 0 saturated carbocycles. The van der Waals surface area contributed by atoms with Crippen LogP contribution in [-0.2, 0) is 13.0 Å². The zero-order chi connectivity index (χ0) is 14.7. The Balaban J connectivity index is 1.64. The summed E-state index contributed by atoms with van der Waals surface area (Å²) in [7, 11) is 0. The van der Waals surface area contributed by atoms with Crippen LogP contribution >= 0.6 is 0 Å². The summed E-state index contributed by atoms with van der Waals surface area (Å²) in [6, 6.07) is 7.79. The summed E-state index contributed by atoms with van der Waals surface area (Å²) in [6.45, 7) is 3.67. The van der Waals surface area contributed by atoms with E-state index < -0.39 is 0 Å². The van der Waals surface area contributed by atoms with Crippen molar-refractivity contribution in [1.29, 1.82) is 0 Å². The fourth-order valence-corrected chi connectivity index (χ4v) is 2.66. The summed E-state index contributed by atoms with van der Waals surface area (Å²) in [5, 5.41) is 10.5. The first-order valence-electron chi connectivity index (χ1n) is 7.37. The van der Waals surface area contributed by atoms with Gasteiger partial charge in [0.1, 0.15) is 0 Å². The van der Waals surface area contributed by atoms with Crippen molar-refractivity contribution in [2.75, 3.05) is 11.9 Å². The Kier molecular flexibility index (Phi) is 3.90. The number of amides is 1. The molecule has 0 bridgehead atoms. The Morgan fingerprint density at radius 1 is 1.52 bits per heavy atom. The molecule has 2 N–H and O–H groups in total. The van der Waals surface area contributed by atoms with E-state index in [-0.39, 0.29) is 11.9 Å². The van der Waals surface area contributed by atoms with Gasteiger partial charge in [-0.25, -0.2) is 0 Å². The molecule has 1 aromatic carbocycles. The van der Waals surface area contributed by atoms with Gasteiger partial charge < -0.3 is 10.6 Å². The smallest absolute Gasteiger partial charge is 0.251 e. The van der Waals surface area contributed by atoms with E-state index in [2.05, 4.69) is 15.7 Å². The number of hydrogen-bond donors (Lipinski definition) is 2. The third kappa shape index (κ3) is 3.24. The van der Waals surface area contributed by atoms with E-state index in [0.29, 0.717) is 6.54 Å². The Morgan fingerprint density at radius 2 is 2.43 bits per heavy atom. The Bertz CT molecular complexity index is 621. The van der Waals surface area contributed by atoms with Gasteiger partial charge in [0, 0.05) is 36.2 Å². The van der Waals surface area contributed by atoms with Gasteiger partial charge in [-0.15, -0.1) is 0 Å². The van der Waals surface area contributed by atoms with Crippen molar-refractivity contribution >= 4 is 11.6 Å². The van der Waals surface area contributed by atoms with Crippen LogP contribution in [0.1, 0.15) is 29.3 Å². The highest BCUT2D eigenvalue weighted by atomic mass is 16.1. The number of carbonyl (C=O) groups excluding carboxylic acids is 1. The molecule has 0 saturated heterocycles. The molecule has 5 nitrogen and oxygen atoms in total. The van der Waals surface area contributed by atoms with Gasteiger partial charge in [0.25, 0.3) is 5.91 Å². The number of benzene rings is 1. The standard InChI is InChI=1S/C16H20N4O/c1-12(11-20-9-3-8-18-20)19-16(21)14-5-6-15-13(10-14)4-2-7-17-15/h3,5-6,8-10,12,17H,2,4,7,11H2,1H3,(H,19,21). The average molecular weight is 284 g/mol. The zero-order valence-corrected chi connectivity index (χ0v) is 12.2. The molecule has 5 heteroatoms. The molecule has 1 atom stereocenters. The van der Waals surface area contributed by atoms with Gasteiger partial charge in [-0.2, -0.15) is 5.10 Å². The highest BCUT2D eigenvalue weighted by molar-refractivity contribution is 5.95. The summed E-state index contributed by atoms with van der Waals surface area (Å²) >= 11 is 0. The van der Waals surface area contributed by atoms with Gasteiger partial charge in [0.2, 0.25) is 0 Å². The second-order valence-corrected chi connectivity index (χ2v) is 5.50. The van der Waals surface area contributed by atoms with Crippen LogP contribution in [-0.4, -0.2) is 28.3 Å². The van der Waals surface area contributed by atoms with Crippen molar-refractivity contribution in [3.63, 3.8) is 0 Å². The summed E-state index contributed by atoms with van der Waals surface area (Å²) in [4.78, 5) is 12.3. The van der Waals surface area contributed by atoms with E-state index in [9.17, 15) is 4.79 Å². The summed E-state index contributed by atoms with van der Waals surface area (Å²) < 4.78 is 1.82. The maximum atomic E-state index is 12.3. The maximum absolute atomic E-state index is 12.3. The third-order valence-corrected chi connectivity index (χ3v) is 3.70. The highest BCUT2D eigenvalue weighted by Crippen LogP contribution is 2.22. The number of anilines is 1. The summed E-state index contributed by atoms with van der Waals surface area (Å²) in [6.07, 6.45) is 5.79. The number of carbonyl (C=O) groups is 1. The predicted molar refractivity (Wildman–Crippen MR) is 82.4 cm³/mol. The maximum Gasteiger partial charge on any atom is 0.251 e. The number of aryl methyl sites for hydroxylation is 1. The molecule has 1 unspecified atom stereocenters. The van der Waals surface area contributed by atoms with Crippen LogP contribution in [0.3, 0.4) is 0 Å². The molecule has 21 heavy (non-hydrogen) atoms. The first kappa shape index (κ1) is 13.7. The van der Waals surface area contributed by atoms with Crippen molar-refractivity contribution in [1.82, 2.24) is 15.1 Å². The van der Waals surface area contributed by atoms with Crippen LogP contribution in [0.4, 0.5) is 5.69 Å². The number of fused-ring (bicyclic) bond motifs is 1. The Hall–Kier alpha value is -2.30. The van der Waals surface area contributed by atoms with Crippen LogP contribution in [0.2, 0.25) is 0 Å². The molecule has 1 aliphatic rings. The monoisotopic (exact) mass is 284 g/mol. The van der Waals surface area contributed by atoms with Crippen molar-refractivity contribution in [3.8, 4) is 0 Å². The molecular weight excluding hydrogens is 264 g/mol. The fourth-order valence-electron chi connectivity index (χ4n) is 2.66.